The molecule has 0 aromatic heterocycles. The Balaban J connectivity index is 1.85. The Morgan fingerprint density at radius 2 is 1.88 bits per heavy atom. The molecule has 4 nitrogen and oxygen atoms in total. The summed E-state index contributed by atoms with van der Waals surface area (Å²) in [6, 6.07) is 15.8. The van der Waals surface area contributed by atoms with E-state index in [1.54, 1.807) is 4.90 Å². The smallest absolute Gasteiger partial charge is 0.222 e. The van der Waals surface area contributed by atoms with Gasteiger partial charge in [0, 0.05) is 20.0 Å². The van der Waals surface area contributed by atoms with Crippen LogP contribution in [0.5, 0.6) is 5.75 Å². The number of amides is 1. The first-order valence-corrected chi connectivity index (χ1v) is 8.39. The van der Waals surface area contributed by atoms with Crippen molar-refractivity contribution in [2.24, 2.45) is 0 Å². The van der Waals surface area contributed by atoms with E-state index in [-0.39, 0.29) is 5.91 Å². The molecule has 0 bridgehead atoms. The summed E-state index contributed by atoms with van der Waals surface area (Å²) in [7, 11) is 1.84. The Labute approximate surface area is 144 Å². The average Bonchev–Trinajstić information content (AvgIpc) is 2.59. The van der Waals surface area contributed by atoms with Gasteiger partial charge in [-0.05, 0) is 36.1 Å². The first-order valence-electron chi connectivity index (χ1n) is 8.39. The number of carbonyl (C=O) groups excluding carboxylic acids is 1. The lowest BCUT2D eigenvalue weighted by molar-refractivity contribution is -0.130. The van der Waals surface area contributed by atoms with E-state index in [4.69, 9.17) is 10.5 Å². The van der Waals surface area contributed by atoms with Crippen LogP contribution in [0.15, 0.2) is 48.5 Å². The van der Waals surface area contributed by atoms with Crippen molar-refractivity contribution < 1.29 is 9.53 Å². The highest BCUT2D eigenvalue weighted by molar-refractivity contribution is 5.76. The quantitative estimate of drug-likeness (QED) is 0.753. The molecule has 0 aliphatic carbocycles. The van der Waals surface area contributed by atoms with Crippen LogP contribution in [0.3, 0.4) is 0 Å². The van der Waals surface area contributed by atoms with Gasteiger partial charge in [-0.15, -0.1) is 0 Å². The largest absolute Gasteiger partial charge is 0.491 e. The van der Waals surface area contributed by atoms with Gasteiger partial charge in [0.25, 0.3) is 0 Å². The van der Waals surface area contributed by atoms with Crippen LogP contribution >= 0.6 is 0 Å². The molecule has 0 aliphatic rings. The van der Waals surface area contributed by atoms with Gasteiger partial charge in [-0.3, -0.25) is 4.79 Å². The van der Waals surface area contributed by atoms with Crippen LogP contribution in [0.1, 0.15) is 30.9 Å². The Kier molecular flexibility index (Phi) is 6.67. The molecule has 24 heavy (non-hydrogen) atoms. The molecule has 4 heteroatoms. The molecular formula is C20H26N2O2. The van der Waals surface area contributed by atoms with E-state index in [1.807, 2.05) is 55.6 Å². The molecule has 0 atom stereocenters. The fraction of sp³-hybridized carbons (Fsp3) is 0.350. The van der Waals surface area contributed by atoms with E-state index in [9.17, 15) is 4.79 Å². The number of nitrogens with two attached hydrogens (primary N) is 1. The van der Waals surface area contributed by atoms with E-state index < -0.39 is 0 Å². The lowest BCUT2D eigenvalue weighted by Gasteiger charge is -2.17. The molecule has 2 aromatic carbocycles. The summed E-state index contributed by atoms with van der Waals surface area (Å²) in [4.78, 5) is 14.0. The van der Waals surface area contributed by atoms with Crippen LogP contribution in [0, 0.1) is 0 Å². The maximum atomic E-state index is 12.3. The van der Waals surface area contributed by atoms with E-state index in [2.05, 4.69) is 6.92 Å². The summed E-state index contributed by atoms with van der Waals surface area (Å²) in [6.07, 6.45) is 2.09. The number of hydrogen-bond acceptors (Lipinski definition) is 3. The predicted molar refractivity (Wildman–Crippen MR) is 97.9 cm³/mol. The van der Waals surface area contributed by atoms with Crippen molar-refractivity contribution in [2.45, 2.75) is 32.7 Å². The van der Waals surface area contributed by atoms with Gasteiger partial charge in [0.15, 0.2) is 0 Å². The number of hydrogen-bond donors (Lipinski definition) is 1. The van der Waals surface area contributed by atoms with Crippen LogP contribution in [-0.4, -0.2) is 24.5 Å². The number of benzene rings is 2. The topological polar surface area (TPSA) is 55.6 Å². The maximum Gasteiger partial charge on any atom is 0.222 e. The zero-order valence-corrected chi connectivity index (χ0v) is 14.5. The van der Waals surface area contributed by atoms with Crippen molar-refractivity contribution in [3.63, 3.8) is 0 Å². The first-order chi connectivity index (χ1) is 11.6. The van der Waals surface area contributed by atoms with Gasteiger partial charge in [-0.2, -0.15) is 0 Å². The number of anilines is 1. The fourth-order valence-electron chi connectivity index (χ4n) is 2.48. The SMILES string of the molecule is CCCOc1ccc(CCC(=O)N(C)Cc2ccccc2)cc1N. The Morgan fingerprint density at radius 3 is 2.54 bits per heavy atom. The summed E-state index contributed by atoms with van der Waals surface area (Å²) in [5, 5.41) is 0. The van der Waals surface area contributed by atoms with Crippen molar-refractivity contribution >= 4 is 11.6 Å². The van der Waals surface area contributed by atoms with Crippen LogP contribution in [0.25, 0.3) is 0 Å². The monoisotopic (exact) mass is 326 g/mol. The van der Waals surface area contributed by atoms with Gasteiger partial charge in [-0.25, -0.2) is 0 Å². The first kappa shape index (κ1) is 17.9. The molecule has 2 rings (SSSR count). The maximum absolute atomic E-state index is 12.3. The summed E-state index contributed by atoms with van der Waals surface area (Å²) in [5.41, 5.74) is 8.83. The van der Waals surface area contributed by atoms with Gasteiger partial charge < -0.3 is 15.4 Å². The molecule has 0 fully saturated rings. The van der Waals surface area contributed by atoms with Crippen LogP contribution in [-0.2, 0) is 17.8 Å². The number of ether oxygens (including phenoxy) is 1. The second-order valence-corrected chi connectivity index (χ2v) is 5.96. The van der Waals surface area contributed by atoms with Gasteiger partial charge in [0.05, 0.1) is 12.3 Å². The van der Waals surface area contributed by atoms with Crippen LogP contribution in [0.4, 0.5) is 5.69 Å². The third-order valence-electron chi connectivity index (χ3n) is 3.85. The number of nitrogen functional groups attached to an aromatic ring is 1. The highest BCUT2D eigenvalue weighted by Crippen LogP contribution is 2.23. The van der Waals surface area contributed by atoms with Crippen LogP contribution < -0.4 is 10.5 Å². The number of nitrogens with zero attached hydrogens (tertiary/aromatic N) is 1. The summed E-state index contributed by atoms with van der Waals surface area (Å²) >= 11 is 0. The standard InChI is InChI=1S/C20H26N2O2/c1-3-13-24-19-11-9-16(14-18(19)21)10-12-20(23)22(2)15-17-7-5-4-6-8-17/h4-9,11,14H,3,10,12-13,15,21H2,1-2H3. The molecule has 1 amide bonds. The Morgan fingerprint density at radius 1 is 1.12 bits per heavy atom. The van der Waals surface area contributed by atoms with Crippen LogP contribution in [0.2, 0.25) is 0 Å². The number of carbonyl (C=O) groups is 1. The van der Waals surface area contributed by atoms with Gasteiger partial charge in [0.2, 0.25) is 5.91 Å². The minimum Gasteiger partial charge on any atom is -0.491 e. The van der Waals surface area contributed by atoms with Crippen molar-refractivity contribution in [2.75, 3.05) is 19.4 Å². The lowest BCUT2D eigenvalue weighted by Crippen LogP contribution is -2.26. The van der Waals surface area contributed by atoms with E-state index >= 15 is 0 Å². The zero-order chi connectivity index (χ0) is 17.4. The third kappa shape index (κ3) is 5.30. The summed E-state index contributed by atoms with van der Waals surface area (Å²) in [5.74, 6) is 0.844. The predicted octanol–water partition coefficient (Wildman–Crippen LogP) is 3.65. The molecular weight excluding hydrogens is 300 g/mol. The molecule has 0 spiro atoms. The normalized spacial score (nSPS) is 10.4. The molecule has 0 unspecified atom stereocenters. The zero-order valence-electron chi connectivity index (χ0n) is 14.5. The summed E-state index contributed by atoms with van der Waals surface area (Å²) < 4.78 is 5.57. The molecule has 0 saturated heterocycles. The lowest BCUT2D eigenvalue weighted by atomic mass is 10.1. The van der Waals surface area contributed by atoms with E-state index in [0.717, 1.165) is 17.5 Å². The molecule has 0 heterocycles. The third-order valence-corrected chi connectivity index (χ3v) is 3.85. The van der Waals surface area contributed by atoms with Crippen molar-refractivity contribution in [3.8, 4) is 5.75 Å². The van der Waals surface area contributed by atoms with Crippen molar-refractivity contribution in [3.05, 3.63) is 59.7 Å². The van der Waals surface area contributed by atoms with E-state index in [1.165, 1.54) is 0 Å². The minimum atomic E-state index is 0.128. The number of aryl methyl sites for hydroxylation is 1. The molecule has 2 N–H and O–H groups in total. The molecule has 128 valence electrons. The molecule has 0 saturated carbocycles. The Hall–Kier alpha value is -2.49. The molecule has 0 aliphatic heterocycles. The highest BCUT2D eigenvalue weighted by Gasteiger charge is 2.10. The van der Waals surface area contributed by atoms with E-state index in [0.29, 0.717) is 37.4 Å². The fourth-order valence-corrected chi connectivity index (χ4v) is 2.48. The summed E-state index contributed by atoms with van der Waals surface area (Å²) in [6.45, 7) is 3.35. The van der Waals surface area contributed by atoms with Gasteiger partial charge in [-0.1, -0.05) is 43.3 Å². The van der Waals surface area contributed by atoms with Crippen molar-refractivity contribution in [1.29, 1.82) is 0 Å². The van der Waals surface area contributed by atoms with Gasteiger partial charge in [0.1, 0.15) is 5.75 Å². The van der Waals surface area contributed by atoms with Gasteiger partial charge >= 0.3 is 0 Å². The molecule has 2 aromatic rings. The highest BCUT2D eigenvalue weighted by atomic mass is 16.5. The second-order valence-electron chi connectivity index (χ2n) is 5.96. The van der Waals surface area contributed by atoms with Crippen molar-refractivity contribution in [1.82, 2.24) is 4.90 Å². The Bertz CT molecular complexity index is 656. The average molecular weight is 326 g/mol. The second kappa shape index (κ2) is 8.96. The molecule has 0 radical (unpaired) electrons. The minimum absolute atomic E-state index is 0.128. The number of rotatable bonds is 8.